The van der Waals surface area contributed by atoms with Crippen molar-refractivity contribution in [3.05, 3.63) is 11.4 Å². The molecule has 1 saturated heterocycles. The molecule has 2 heterocycles. The van der Waals surface area contributed by atoms with Crippen molar-refractivity contribution in [1.29, 1.82) is 0 Å². The van der Waals surface area contributed by atoms with Gasteiger partial charge in [-0.05, 0) is 33.1 Å². The van der Waals surface area contributed by atoms with Crippen molar-refractivity contribution < 1.29 is 13.2 Å². The van der Waals surface area contributed by atoms with Crippen molar-refractivity contribution in [3.8, 4) is 0 Å². The minimum atomic E-state index is -3.50. The van der Waals surface area contributed by atoms with Crippen LogP contribution in [-0.4, -0.2) is 37.9 Å². The number of hydrogen-bond donors (Lipinski definition) is 2. The van der Waals surface area contributed by atoms with Crippen LogP contribution in [0.15, 0.2) is 4.90 Å². The van der Waals surface area contributed by atoms with Crippen molar-refractivity contribution in [2.75, 3.05) is 13.2 Å². The van der Waals surface area contributed by atoms with E-state index in [1.807, 2.05) is 0 Å². The normalized spacial score (nSPS) is 21.1. The lowest BCUT2D eigenvalue weighted by Crippen LogP contribution is -2.35. The van der Waals surface area contributed by atoms with E-state index in [0.29, 0.717) is 17.9 Å². The maximum Gasteiger partial charge on any atom is 0.244 e. The van der Waals surface area contributed by atoms with Gasteiger partial charge in [0, 0.05) is 13.2 Å². The fraction of sp³-hybridized carbons (Fsp3) is 0.727. The van der Waals surface area contributed by atoms with E-state index in [0.717, 1.165) is 25.9 Å². The number of aromatic nitrogens is 2. The van der Waals surface area contributed by atoms with Crippen LogP contribution in [0.25, 0.3) is 0 Å². The molecule has 1 unspecified atom stereocenters. The van der Waals surface area contributed by atoms with Crippen molar-refractivity contribution in [2.24, 2.45) is 0 Å². The van der Waals surface area contributed by atoms with E-state index < -0.39 is 10.0 Å². The standard InChI is InChI=1S/C11H19N3O3S/c1-8-11(9(2)14-13-8)18(15,16)12-7-10-5-3-4-6-17-10/h10,12H,3-7H2,1-2H3,(H,13,14). The van der Waals surface area contributed by atoms with E-state index >= 15 is 0 Å². The zero-order valence-corrected chi connectivity index (χ0v) is 11.5. The Morgan fingerprint density at radius 2 is 2.22 bits per heavy atom. The van der Waals surface area contributed by atoms with Gasteiger partial charge >= 0.3 is 0 Å². The van der Waals surface area contributed by atoms with E-state index in [9.17, 15) is 8.42 Å². The SMILES string of the molecule is Cc1n[nH]c(C)c1S(=O)(=O)NCC1CCCCO1. The average Bonchev–Trinajstić information content (AvgIpc) is 2.69. The Hall–Kier alpha value is -0.920. The average molecular weight is 273 g/mol. The molecule has 2 rings (SSSR count). The van der Waals surface area contributed by atoms with Crippen molar-refractivity contribution >= 4 is 10.0 Å². The van der Waals surface area contributed by atoms with Gasteiger partial charge in [-0.25, -0.2) is 13.1 Å². The highest BCUT2D eigenvalue weighted by atomic mass is 32.2. The molecule has 0 saturated carbocycles. The molecule has 0 radical (unpaired) electrons. The second-order valence-corrected chi connectivity index (χ2v) is 6.31. The van der Waals surface area contributed by atoms with Crippen LogP contribution in [0.4, 0.5) is 0 Å². The number of sulfonamides is 1. The molecule has 0 aromatic carbocycles. The number of ether oxygens (including phenoxy) is 1. The maximum absolute atomic E-state index is 12.2. The quantitative estimate of drug-likeness (QED) is 0.852. The lowest BCUT2D eigenvalue weighted by molar-refractivity contribution is 0.0200. The molecule has 102 valence electrons. The van der Waals surface area contributed by atoms with E-state index in [-0.39, 0.29) is 11.0 Å². The zero-order chi connectivity index (χ0) is 13.2. The highest BCUT2D eigenvalue weighted by molar-refractivity contribution is 7.89. The van der Waals surface area contributed by atoms with Gasteiger partial charge < -0.3 is 4.74 Å². The molecular formula is C11H19N3O3S. The lowest BCUT2D eigenvalue weighted by Gasteiger charge is -2.22. The van der Waals surface area contributed by atoms with Gasteiger partial charge in [0.05, 0.1) is 17.5 Å². The zero-order valence-electron chi connectivity index (χ0n) is 10.7. The van der Waals surface area contributed by atoms with Gasteiger partial charge in [-0.15, -0.1) is 0 Å². The lowest BCUT2D eigenvalue weighted by atomic mass is 10.1. The van der Waals surface area contributed by atoms with Crippen LogP contribution in [-0.2, 0) is 14.8 Å². The Morgan fingerprint density at radius 3 is 2.78 bits per heavy atom. The Bertz CT molecular complexity index is 484. The first kappa shape index (κ1) is 13.5. The Kier molecular flexibility index (Phi) is 4.04. The van der Waals surface area contributed by atoms with Crippen molar-refractivity contribution in [2.45, 2.75) is 44.1 Å². The van der Waals surface area contributed by atoms with Crippen LogP contribution in [0, 0.1) is 13.8 Å². The number of aryl methyl sites for hydroxylation is 2. The van der Waals surface area contributed by atoms with Crippen LogP contribution in [0.5, 0.6) is 0 Å². The molecule has 0 aliphatic carbocycles. The fourth-order valence-electron chi connectivity index (χ4n) is 2.18. The third-order valence-corrected chi connectivity index (χ3v) is 4.79. The summed E-state index contributed by atoms with van der Waals surface area (Å²) in [6, 6.07) is 0. The third-order valence-electron chi connectivity index (χ3n) is 3.10. The molecule has 0 amide bonds. The van der Waals surface area contributed by atoms with Gasteiger partial charge in [-0.3, -0.25) is 5.10 Å². The van der Waals surface area contributed by atoms with Crippen molar-refractivity contribution in [1.82, 2.24) is 14.9 Å². The molecule has 1 aliphatic heterocycles. The third kappa shape index (κ3) is 2.90. The van der Waals surface area contributed by atoms with Gasteiger partial charge in [0.15, 0.2) is 0 Å². The molecule has 1 aromatic heterocycles. The molecule has 1 atom stereocenters. The summed E-state index contributed by atoms with van der Waals surface area (Å²) in [5, 5.41) is 6.58. The summed E-state index contributed by atoms with van der Waals surface area (Å²) >= 11 is 0. The predicted octanol–water partition coefficient (Wildman–Crippen LogP) is 0.874. The van der Waals surface area contributed by atoms with Gasteiger partial charge in [0.1, 0.15) is 4.90 Å². The van der Waals surface area contributed by atoms with Crippen LogP contribution < -0.4 is 4.72 Å². The van der Waals surface area contributed by atoms with Crippen LogP contribution in [0.3, 0.4) is 0 Å². The first-order valence-corrected chi connectivity index (χ1v) is 7.62. The summed E-state index contributed by atoms with van der Waals surface area (Å²) in [5.41, 5.74) is 1.05. The van der Waals surface area contributed by atoms with Crippen molar-refractivity contribution in [3.63, 3.8) is 0 Å². The number of nitrogens with one attached hydrogen (secondary N) is 2. The number of aromatic amines is 1. The molecule has 0 bridgehead atoms. The summed E-state index contributed by atoms with van der Waals surface area (Å²) in [6.45, 7) is 4.42. The molecule has 1 fully saturated rings. The van der Waals surface area contributed by atoms with Crippen LogP contribution in [0.1, 0.15) is 30.7 Å². The van der Waals surface area contributed by atoms with Gasteiger partial charge in [-0.1, -0.05) is 0 Å². The summed E-state index contributed by atoms with van der Waals surface area (Å²) in [7, 11) is -3.50. The topological polar surface area (TPSA) is 84.1 Å². The predicted molar refractivity (Wildman–Crippen MR) is 66.8 cm³/mol. The largest absolute Gasteiger partial charge is 0.377 e. The fourth-order valence-corrected chi connectivity index (χ4v) is 3.61. The number of rotatable bonds is 4. The summed E-state index contributed by atoms with van der Waals surface area (Å²) in [6.07, 6.45) is 3.05. The van der Waals surface area contributed by atoms with Gasteiger partial charge in [0.2, 0.25) is 10.0 Å². The molecule has 2 N–H and O–H groups in total. The first-order chi connectivity index (χ1) is 8.50. The van der Waals surface area contributed by atoms with Crippen LogP contribution in [0.2, 0.25) is 0 Å². The first-order valence-electron chi connectivity index (χ1n) is 6.13. The summed E-state index contributed by atoms with van der Waals surface area (Å²) in [4.78, 5) is 0.248. The summed E-state index contributed by atoms with van der Waals surface area (Å²) in [5.74, 6) is 0. The maximum atomic E-state index is 12.2. The minimum Gasteiger partial charge on any atom is -0.377 e. The smallest absolute Gasteiger partial charge is 0.244 e. The highest BCUT2D eigenvalue weighted by Crippen LogP contribution is 2.17. The van der Waals surface area contributed by atoms with E-state index in [4.69, 9.17) is 4.74 Å². The Balaban J connectivity index is 2.03. The molecule has 1 aliphatic rings. The van der Waals surface area contributed by atoms with Gasteiger partial charge in [0.25, 0.3) is 0 Å². The summed E-state index contributed by atoms with van der Waals surface area (Å²) < 4.78 is 32.4. The van der Waals surface area contributed by atoms with E-state index in [2.05, 4.69) is 14.9 Å². The monoisotopic (exact) mass is 273 g/mol. The molecule has 1 aromatic rings. The van der Waals surface area contributed by atoms with Gasteiger partial charge in [-0.2, -0.15) is 5.10 Å². The molecule has 0 spiro atoms. The molecule has 6 nitrogen and oxygen atoms in total. The Labute approximate surface area is 107 Å². The highest BCUT2D eigenvalue weighted by Gasteiger charge is 2.24. The molecule has 18 heavy (non-hydrogen) atoms. The van der Waals surface area contributed by atoms with Crippen LogP contribution >= 0.6 is 0 Å². The molecule has 7 heteroatoms. The number of H-pyrrole nitrogens is 1. The molecular weight excluding hydrogens is 254 g/mol. The number of nitrogens with zero attached hydrogens (tertiary/aromatic N) is 1. The Morgan fingerprint density at radius 1 is 1.44 bits per heavy atom. The van der Waals surface area contributed by atoms with E-state index in [1.165, 1.54) is 0 Å². The minimum absolute atomic E-state index is 0.0129. The second kappa shape index (κ2) is 5.38. The second-order valence-electron chi connectivity index (χ2n) is 4.60. The number of hydrogen-bond acceptors (Lipinski definition) is 4. The van der Waals surface area contributed by atoms with E-state index in [1.54, 1.807) is 13.8 Å².